The minimum atomic E-state index is -3.86. The van der Waals surface area contributed by atoms with Crippen LogP contribution in [0.4, 0.5) is 0 Å². The number of carboxylic acids is 1. The van der Waals surface area contributed by atoms with Crippen molar-refractivity contribution >= 4 is 27.3 Å². The van der Waals surface area contributed by atoms with Crippen LogP contribution in [0.2, 0.25) is 0 Å². The van der Waals surface area contributed by atoms with Crippen molar-refractivity contribution in [3.63, 3.8) is 0 Å². The predicted molar refractivity (Wildman–Crippen MR) is 73.0 cm³/mol. The molecule has 0 unspecified atom stereocenters. The van der Waals surface area contributed by atoms with Gasteiger partial charge in [0.2, 0.25) is 0 Å². The molecule has 0 amide bonds. The van der Waals surface area contributed by atoms with E-state index in [1.54, 1.807) is 0 Å². The van der Waals surface area contributed by atoms with Crippen LogP contribution in [0.3, 0.4) is 0 Å². The molecule has 0 bridgehead atoms. The second-order valence-electron chi connectivity index (χ2n) is 4.24. The summed E-state index contributed by atoms with van der Waals surface area (Å²) in [6.07, 6.45) is 1.92. The Kier molecular flexibility index (Phi) is 5.05. The number of sulfonamides is 1. The largest absolute Gasteiger partial charge is 0.476 e. The van der Waals surface area contributed by atoms with E-state index in [0.29, 0.717) is 19.3 Å². The van der Waals surface area contributed by atoms with E-state index in [4.69, 9.17) is 5.11 Å². The van der Waals surface area contributed by atoms with Crippen molar-refractivity contribution in [3.8, 4) is 0 Å². The molecule has 1 rings (SSSR count). The number of rotatable bonds is 7. The fourth-order valence-electron chi connectivity index (χ4n) is 1.87. The molecular weight excluding hydrogens is 288 g/mol. The minimum absolute atomic E-state index is 0.236. The van der Waals surface area contributed by atoms with Crippen LogP contribution in [0.25, 0.3) is 0 Å². The number of nitrogens with zero attached hydrogens (tertiary/aromatic N) is 1. The van der Waals surface area contributed by atoms with E-state index >= 15 is 0 Å². The molecule has 8 heteroatoms. The molecule has 1 heterocycles. The van der Waals surface area contributed by atoms with Crippen LogP contribution in [0.5, 0.6) is 0 Å². The van der Waals surface area contributed by atoms with E-state index in [1.165, 1.54) is 5.51 Å². The minimum Gasteiger partial charge on any atom is -0.476 e. The number of carboxylic acid groups (broad SMARTS) is 1. The summed E-state index contributed by atoms with van der Waals surface area (Å²) in [6, 6.07) is 0. The summed E-state index contributed by atoms with van der Waals surface area (Å²) in [5.74, 6) is -1.34. The first kappa shape index (κ1) is 16.1. The zero-order valence-electron chi connectivity index (χ0n) is 11.1. The van der Waals surface area contributed by atoms with E-state index in [1.807, 2.05) is 20.8 Å². The maximum atomic E-state index is 12.3. The number of thiazole rings is 1. The fraction of sp³-hybridized carbons (Fsp3) is 0.636. The van der Waals surface area contributed by atoms with Crippen molar-refractivity contribution in [1.29, 1.82) is 0 Å². The van der Waals surface area contributed by atoms with Gasteiger partial charge in [0.15, 0.2) is 9.90 Å². The summed E-state index contributed by atoms with van der Waals surface area (Å²) in [6.45, 7) is 5.71. The van der Waals surface area contributed by atoms with Gasteiger partial charge in [0.25, 0.3) is 10.0 Å². The van der Waals surface area contributed by atoms with Crippen LogP contribution < -0.4 is 4.72 Å². The van der Waals surface area contributed by atoms with Crippen molar-refractivity contribution in [2.24, 2.45) is 0 Å². The van der Waals surface area contributed by atoms with Crippen molar-refractivity contribution in [1.82, 2.24) is 9.71 Å². The molecule has 19 heavy (non-hydrogen) atoms. The Morgan fingerprint density at radius 3 is 2.32 bits per heavy atom. The third-order valence-corrected chi connectivity index (χ3v) is 6.31. The topological polar surface area (TPSA) is 96.4 Å². The van der Waals surface area contributed by atoms with E-state index in [9.17, 15) is 13.2 Å². The summed E-state index contributed by atoms with van der Waals surface area (Å²) >= 11 is 0.815. The second kappa shape index (κ2) is 5.98. The van der Waals surface area contributed by atoms with Gasteiger partial charge in [0, 0.05) is 5.54 Å². The van der Waals surface area contributed by atoms with E-state index < -0.39 is 27.2 Å². The van der Waals surface area contributed by atoms with Crippen LogP contribution in [0.15, 0.2) is 9.72 Å². The first-order chi connectivity index (χ1) is 8.82. The normalized spacial score (nSPS) is 12.6. The number of nitrogens with one attached hydrogen (secondary N) is 1. The average molecular weight is 306 g/mol. The highest BCUT2D eigenvalue weighted by molar-refractivity contribution is 7.91. The lowest BCUT2D eigenvalue weighted by atomic mass is 9.91. The van der Waals surface area contributed by atoms with Crippen molar-refractivity contribution in [2.75, 3.05) is 0 Å². The average Bonchev–Trinajstić information content (AvgIpc) is 2.86. The van der Waals surface area contributed by atoms with Gasteiger partial charge in [-0.1, -0.05) is 20.8 Å². The maximum absolute atomic E-state index is 12.3. The summed E-state index contributed by atoms with van der Waals surface area (Å²) in [7, 11) is -3.86. The van der Waals surface area contributed by atoms with Crippen molar-refractivity contribution in [3.05, 3.63) is 11.2 Å². The van der Waals surface area contributed by atoms with Gasteiger partial charge in [0.05, 0.1) is 5.51 Å². The van der Waals surface area contributed by atoms with Crippen molar-refractivity contribution in [2.45, 2.75) is 49.8 Å². The molecule has 1 aromatic rings. The summed E-state index contributed by atoms with van der Waals surface area (Å²) in [5.41, 5.74) is 0.261. The van der Waals surface area contributed by atoms with Gasteiger partial charge in [-0.25, -0.2) is 22.9 Å². The Morgan fingerprint density at radius 2 is 1.89 bits per heavy atom. The highest BCUT2D eigenvalue weighted by Gasteiger charge is 2.34. The number of aromatic nitrogens is 1. The van der Waals surface area contributed by atoms with Gasteiger partial charge in [-0.15, -0.1) is 11.3 Å². The highest BCUT2D eigenvalue weighted by Crippen LogP contribution is 2.26. The molecule has 0 fully saturated rings. The van der Waals surface area contributed by atoms with E-state index in [0.717, 1.165) is 11.3 Å². The molecule has 0 aliphatic heterocycles. The van der Waals surface area contributed by atoms with Crippen LogP contribution in [-0.2, 0) is 10.0 Å². The van der Waals surface area contributed by atoms with Gasteiger partial charge in [-0.05, 0) is 19.3 Å². The first-order valence-electron chi connectivity index (χ1n) is 6.02. The monoisotopic (exact) mass is 306 g/mol. The Morgan fingerprint density at radius 1 is 1.37 bits per heavy atom. The predicted octanol–water partition coefficient (Wildman–Crippen LogP) is 2.09. The SMILES string of the molecule is CCC(CC)(CC)NS(=O)(=O)c1scnc1C(=O)O. The molecule has 1 aromatic heterocycles. The third kappa shape index (κ3) is 3.31. The summed E-state index contributed by atoms with van der Waals surface area (Å²) < 4.78 is 27.0. The zero-order valence-corrected chi connectivity index (χ0v) is 12.8. The van der Waals surface area contributed by atoms with Crippen LogP contribution in [0.1, 0.15) is 50.5 Å². The molecule has 0 spiro atoms. The Bertz CT molecular complexity index is 539. The lowest BCUT2D eigenvalue weighted by Crippen LogP contribution is -2.47. The second-order valence-corrected chi connectivity index (χ2v) is 6.97. The van der Waals surface area contributed by atoms with Gasteiger partial charge in [0.1, 0.15) is 0 Å². The summed E-state index contributed by atoms with van der Waals surface area (Å²) in [5, 5.41) is 8.94. The molecule has 0 saturated carbocycles. The highest BCUT2D eigenvalue weighted by atomic mass is 32.2. The zero-order chi connectivity index (χ0) is 14.7. The summed E-state index contributed by atoms with van der Waals surface area (Å²) in [4.78, 5) is 14.5. The molecular formula is C11H18N2O4S2. The molecule has 0 saturated heterocycles. The molecule has 0 atom stereocenters. The molecule has 0 aliphatic carbocycles. The lowest BCUT2D eigenvalue weighted by molar-refractivity contribution is 0.0687. The number of hydrogen-bond acceptors (Lipinski definition) is 5. The van der Waals surface area contributed by atoms with Crippen molar-refractivity contribution < 1.29 is 18.3 Å². The smallest absolute Gasteiger partial charge is 0.356 e. The van der Waals surface area contributed by atoms with Gasteiger partial charge < -0.3 is 5.11 Å². The number of aromatic carboxylic acids is 1. The molecule has 6 nitrogen and oxygen atoms in total. The van der Waals surface area contributed by atoms with Crippen LogP contribution in [0, 0.1) is 0 Å². The van der Waals surface area contributed by atoms with Gasteiger partial charge in [-0.2, -0.15) is 0 Å². The molecule has 0 radical (unpaired) electrons. The fourth-order valence-corrected chi connectivity index (χ4v) is 4.62. The van der Waals surface area contributed by atoms with E-state index in [-0.39, 0.29) is 4.21 Å². The molecule has 2 N–H and O–H groups in total. The van der Waals surface area contributed by atoms with E-state index in [2.05, 4.69) is 9.71 Å². The Hall–Kier alpha value is -0.990. The Balaban J connectivity index is 3.18. The molecule has 0 aliphatic rings. The van der Waals surface area contributed by atoms with Crippen LogP contribution >= 0.6 is 11.3 Å². The molecule has 108 valence electrons. The third-order valence-electron chi connectivity index (χ3n) is 3.36. The van der Waals surface area contributed by atoms with Crippen LogP contribution in [-0.4, -0.2) is 30.0 Å². The first-order valence-corrected chi connectivity index (χ1v) is 8.39. The number of carbonyl (C=O) groups is 1. The van der Waals surface area contributed by atoms with Gasteiger partial charge in [-0.3, -0.25) is 0 Å². The van der Waals surface area contributed by atoms with Gasteiger partial charge >= 0.3 is 5.97 Å². The lowest BCUT2D eigenvalue weighted by Gasteiger charge is -2.31. The maximum Gasteiger partial charge on any atom is 0.356 e. The quantitative estimate of drug-likeness (QED) is 0.804. The molecule has 0 aromatic carbocycles. The number of hydrogen-bond donors (Lipinski definition) is 2. The Labute approximate surface area is 116 Å². The standard InChI is InChI=1S/C11H18N2O4S2/c1-4-11(5-2,6-3)13-19(16,17)10-8(9(14)15)12-7-18-10/h7,13H,4-6H2,1-3H3,(H,14,15).